The van der Waals surface area contributed by atoms with Crippen LogP contribution in [0.5, 0.6) is 0 Å². The molecular weight excluding hydrogens is 368 g/mol. The van der Waals surface area contributed by atoms with Crippen LogP contribution in [0.3, 0.4) is 0 Å². The second-order valence-electron chi connectivity index (χ2n) is 7.50. The molecule has 0 spiro atoms. The minimum absolute atomic E-state index is 0.584. The van der Waals surface area contributed by atoms with Gasteiger partial charge in [0, 0.05) is 11.8 Å². The Bertz CT molecular complexity index is 620. The SMILES string of the molecule is COC(=O)[C@@H]1C2C3=C(CCCC3)C([C@@H](C(=O)OC)[C@H]2C(=O)OC)[C@@H]1C(=O)OC. The molecule has 8 heteroatoms. The highest BCUT2D eigenvalue weighted by atomic mass is 16.5. The Balaban J connectivity index is 2.26. The van der Waals surface area contributed by atoms with Gasteiger partial charge in [-0.05, 0) is 25.7 Å². The van der Waals surface area contributed by atoms with Gasteiger partial charge >= 0.3 is 23.9 Å². The number of esters is 4. The normalized spacial score (nSPS) is 33.6. The summed E-state index contributed by atoms with van der Waals surface area (Å²) in [5.74, 6) is -7.22. The van der Waals surface area contributed by atoms with Crippen molar-refractivity contribution in [1.29, 1.82) is 0 Å². The largest absolute Gasteiger partial charge is 0.469 e. The van der Waals surface area contributed by atoms with Gasteiger partial charge in [-0.15, -0.1) is 0 Å². The molecule has 2 unspecified atom stereocenters. The van der Waals surface area contributed by atoms with Crippen LogP contribution in [0.4, 0.5) is 0 Å². The predicted octanol–water partition coefficient (Wildman–Crippen LogP) is 1.27. The van der Waals surface area contributed by atoms with Crippen LogP contribution in [0.2, 0.25) is 0 Å². The highest BCUT2D eigenvalue weighted by Gasteiger charge is 2.66. The van der Waals surface area contributed by atoms with Crippen LogP contribution in [0.15, 0.2) is 11.1 Å². The van der Waals surface area contributed by atoms with Crippen molar-refractivity contribution in [2.24, 2.45) is 35.5 Å². The Labute approximate surface area is 163 Å². The zero-order valence-corrected chi connectivity index (χ0v) is 16.6. The summed E-state index contributed by atoms with van der Waals surface area (Å²) in [4.78, 5) is 51.0. The minimum Gasteiger partial charge on any atom is -0.469 e. The molecular formula is C20H26O8. The minimum atomic E-state index is -0.899. The lowest BCUT2D eigenvalue weighted by Crippen LogP contribution is -2.61. The van der Waals surface area contributed by atoms with Crippen molar-refractivity contribution in [3.8, 4) is 0 Å². The van der Waals surface area contributed by atoms with Gasteiger partial charge < -0.3 is 18.9 Å². The molecule has 28 heavy (non-hydrogen) atoms. The van der Waals surface area contributed by atoms with Crippen LogP contribution in [0.1, 0.15) is 25.7 Å². The van der Waals surface area contributed by atoms with Gasteiger partial charge in [0.05, 0.1) is 52.1 Å². The monoisotopic (exact) mass is 394 g/mol. The van der Waals surface area contributed by atoms with Crippen molar-refractivity contribution in [2.75, 3.05) is 28.4 Å². The van der Waals surface area contributed by atoms with E-state index >= 15 is 0 Å². The van der Waals surface area contributed by atoms with Gasteiger partial charge in [-0.25, -0.2) is 0 Å². The molecule has 0 N–H and O–H groups in total. The molecule has 4 aliphatic carbocycles. The van der Waals surface area contributed by atoms with Gasteiger partial charge in [0.1, 0.15) is 0 Å². The zero-order valence-electron chi connectivity index (χ0n) is 16.6. The lowest BCUT2D eigenvalue weighted by atomic mass is 9.46. The molecule has 0 saturated heterocycles. The maximum absolute atomic E-state index is 12.7. The van der Waals surface area contributed by atoms with Crippen LogP contribution in [-0.2, 0) is 38.1 Å². The Hall–Kier alpha value is -2.38. The fourth-order valence-corrected chi connectivity index (χ4v) is 5.64. The number of carbonyl (C=O) groups is 4. The van der Waals surface area contributed by atoms with Crippen molar-refractivity contribution in [1.82, 2.24) is 0 Å². The van der Waals surface area contributed by atoms with E-state index in [2.05, 4.69) is 0 Å². The second-order valence-corrected chi connectivity index (χ2v) is 7.50. The lowest BCUT2D eigenvalue weighted by Gasteiger charge is -2.55. The van der Waals surface area contributed by atoms with Crippen molar-refractivity contribution < 1.29 is 38.1 Å². The van der Waals surface area contributed by atoms with Crippen molar-refractivity contribution in [3.05, 3.63) is 11.1 Å². The van der Waals surface area contributed by atoms with Gasteiger partial charge in [-0.3, -0.25) is 19.2 Å². The van der Waals surface area contributed by atoms with E-state index in [4.69, 9.17) is 18.9 Å². The Morgan fingerprint density at radius 3 is 1.04 bits per heavy atom. The van der Waals surface area contributed by atoms with Crippen LogP contribution in [0, 0.1) is 35.5 Å². The van der Waals surface area contributed by atoms with Gasteiger partial charge in [0.2, 0.25) is 0 Å². The third kappa shape index (κ3) is 2.89. The van der Waals surface area contributed by atoms with Crippen LogP contribution in [-0.4, -0.2) is 52.3 Å². The molecule has 0 heterocycles. The maximum atomic E-state index is 12.7. The molecule has 1 saturated carbocycles. The number of carbonyl (C=O) groups excluding carboxylic acids is 4. The first-order valence-electron chi connectivity index (χ1n) is 9.46. The molecule has 4 rings (SSSR count). The van der Waals surface area contributed by atoms with E-state index in [9.17, 15) is 19.2 Å². The first-order valence-corrected chi connectivity index (χ1v) is 9.46. The zero-order chi connectivity index (χ0) is 20.6. The Kier molecular flexibility index (Phi) is 5.76. The maximum Gasteiger partial charge on any atom is 0.310 e. The molecule has 0 aromatic rings. The molecule has 6 atom stereocenters. The third-order valence-corrected chi connectivity index (χ3v) is 6.57. The third-order valence-electron chi connectivity index (χ3n) is 6.57. The topological polar surface area (TPSA) is 105 Å². The molecule has 0 aromatic heterocycles. The summed E-state index contributed by atoms with van der Waals surface area (Å²) in [6.07, 6.45) is 3.30. The van der Waals surface area contributed by atoms with Gasteiger partial charge in [-0.1, -0.05) is 11.1 Å². The molecule has 2 bridgehead atoms. The fraction of sp³-hybridized carbons (Fsp3) is 0.700. The first kappa shape index (κ1) is 20.4. The van der Waals surface area contributed by atoms with E-state index in [-0.39, 0.29) is 0 Å². The van der Waals surface area contributed by atoms with Gasteiger partial charge in [0.15, 0.2) is 0 Å². The number of rotatable bonds is 4. The van der Waals surface area contributed by atoms with E-state index in [0.29, 0.717) is 0 Å². The summed E-state index contributed by atoms with van der Waals surface area (Å²) < 4.78 is 20.0. The molecule has 8 nitrogen and oxygen atoms in total. The highest BCUT2D eigenvalue weighted by molar-refractivity contribution is 5.91. The second kappa shape index (κ2) is 7.93. The molecule has 154 valence electrons. The fourth-order valence-electron chi connectivity index (χ4n) is 5.64. The van der Waals surface area contributed by atoms with E-state index in [1.165, 1.54) is 28.4 Å². The van der Waals surface area contributed by atoms with E-state index in [1.54, 1.807) is 0 Å². The quantitative estimate of drug-likeness (QED) is 0.399. The summed E-state index contributed by atoms with van der Waals surface area (Å²) in [5, 5.41) is 0. The first-order chi connectivity index (χ1) is 13.4. The average Bonchev–Trinajstić information content (AvgIpc) is 2.75. The van der Waals surface area contributed by atoms with Crippen molar-refractivity contribution in [2.45, 2.75) is 25.7 Å². The molecule has 0 radical (unpaired) electrons. The molecule has 0 aromatic carbocycles. The summed E-state index contributed by atoms with van der Waals surface area (Å²) in [6.45, 7) is 0. The standard InChI is InChI=1S/C20H26O8/c1-25-17(21)13-11-9-7-5-6-8-10(9)12(14(13)18(22)26-2)16(20(24)28-4)15(11)19(23)27-3/h11-16H,5-8H2,1-4H3/t11?,12?,13-,14+,15+,16-. The summed E-state index contributed by atoms with van der Waals surface area (Å²) >= 11 is 0. The predicted molar refractivity (Wildman–Crippen MR) is 94.5 cm³/mol. The van der Waals surface area contributed by atoms with Crippen molar-refractivity contribution >= 4 is 23.9 Å². The summed E-state index contributed by atoms with van der Waals surface area (Å²) in [7, 11) is 5.00. The van der Waals surface area contributed by atoms with Gasteiger partial charge in [-0.2, -0.15) is 0 Å². The lowest BCUT2D eigenvalue weighted by molar-refractivity contribution is -0.184. The summed E-state index contributed by atoms with van der Waals surface area (Å²) in [5.41, 5.74) is 1.98. The molecule has 1 fully saturated rings. The molecule has 0 aliphatic heterocycles. The Morgan fingerprint density at radius 2 is 0.821 bits per heavy atom. The molecule has 0 amide bonds. The number of hydrogen-bond acceptors (Lipinski definition) is 8. The molecule has 4 aliphatic rings. The highest BCUT2D eigenvalue weighted by Crippen LogP contribution is 2.61. The van der Waals surface area contributed by atoms with E-state index < -0.39 is 59.4 Å². The van der Waals surface area contributed by atoms with Crippen LogP contribution < -0.4 is 0 Å². The van der Waals surface area contributed by atoms with E-state index in [0.717, 1.165) is 36.8 Å². The van der Waals surface area contributed by atoms with Crippen LogP contribution in [0.25, 0.3) is 0 Å². The average molecular weight is 394 g/mol. The van der Waals surface area contributed by atoms with Crippen LogP contribution >= 0.6 is 0 Å². The number of hydrogen-bond donors (Lipinski definition) is 0. The van der Waals surface area contributed by atoms with Crippen molar-refractivity contribution in [3.63, 3.8) is 0 Å². The number of fused-ring (bicyclic) bond motifs is 2. The van der Waals surface area contributed by atoms with Gasteiger partial charge in [0.25, 0.3) is 0 Å². The smallest absolute Gasteiger partial charge is 0.310 e. The number of methoxy groups -OCH3 is 4. The van der Waals surface area contributed by atoms with E-state index in [1.807, 2.05) is 0 Å². The number of allylic oxidation sites excluding steroid dienone is 2. The summed E-state index contributed by atoms with van der Waals surface area (Å²) in [6, 6.07) is 0. The Morgan fingerprint density at radius 1 is 0.571 bits per heavy atom. The number of ether oxygens (including phenoxy) is 4.